The Hall–Kier alpha value is -1.76. The molecular formula is C15H15Cl2NO5. The van der Waals surface area contributed by atoms with Crippen LogP contribution in [0.3, 0.4) is 0 Å². The number of esters is 2. The van der Waals surface area contributed by atoms with Gasteiger partial charge in [-0.05, 0) is 19.1 Å². The van der Waals surface area contributed by atoms with Gasteiger partial charge < -0.3 is 19.9 Å². The zero-order chi connectivity index (χ0) is 17.1. The fraction of sp³-hybridized carbons (Fsp3) is 0.333. The molecule has 1 aromatic rings. The first-order valence-electron chi connectivity index (χ1n) is 6.70. The molecular weight excluding hydrogens is 345 g/mol. The van der Waals surface area contributed by atoms with E-state index in [1.165, 1.54) is 26.2 Å². The highest BCUT2D eigenvalue weighted by molar-refractivity contribution is 6.35. The second-order valence-corrected chi connectivity index (χ2v) is 5.76. The Morgan fingerprint density at radius 1 is 1.39 bits per heavy atom. The standard InChI is InChI=1S/C15H15Cl2NO5/c1-7(18)15(20)23-13(9-4-3-8(16)5-10(9)17)14-11(21-2)6-12(19)22-14/h3-7,13-14H,18H2,1-2H3/t7-,13?,14?/m0/s1. The van der Waals surface area contributed by atoms with Gasteiger partial charge in [0.05, 0.1) is 13.2 Å². The fourth-order valence-electron chi connectivity index (χ4n) is 2.05. The van der Waals surface area contributed by atoms with E-state index in [1.54, 1.807) is 12.1 Å². The monoisotopic (exact) mass is 359 g/mol. The van der Waals surface area contributed by atoms with Gasteiger partial charge in [0.2, 0.25) is 0 Å². The summed E-state index contributed by atoms with van der Waals surface area (Å²) in [4.78, 5) is 23.4. The predicted octanol–water partition coefficient (Wildman–Crippen LogP) is 2.38. The zero-order valence-corrected chi connectivity index (χ0v) is 13.9. The topological polar surface area (TPSA) is 87.9 Å². The average Bonchev–Trinajstić information content (AvgIpc) is 2.86. The minimum absolute atomic E-state index is 0.225. The normalized spacial score (nSPS) is 19.6. The Morgan fingerprint density at radius 3 is 2.65 bits per heavy atom. The predicted molar refractivity (Wildman–Crippen MR) is 83.9 cm³/mol. The number of halogens is 2. The maximum atomic E-state index is 11.9. The van der Waals surface area contributed by atoms with E-state index in [4.69, 9.17) is 43.1 Å². The lowest BCUT2D eigenvalue weighted by molar-refractivity contribution is -0.163. The summed E-state index contributed by atoms with van der Waals surface area (Å²) in [5, 5.41) is 0.681. The number of carbonyl (C=O) groups excluding carboxylic acids is 2. The lowest BCUT2D eigenvalue weighted by atomic mass is 10.0. The van der Waals surface area contributed by atoms with Crippen LogP contribution in [-0.2, 0) is 23.8 Å². The highest BCUT2D eigenvalue weighted by Gasteiger charge is 2.39. The molecule has 0 saturated carbocycles. The molecule has 1 aliphatic heterocycles. The molecule has 8 heteroatoms. The molecule has 0 aliphatic carbocycles. The Kier molecular flexibility index (Phi) is 5.51. The van der Waals surface area contributed by atoms with Crippen LogP contribution in [0.4, 0.5) is 0 Å². The molecule has 0 spiro atoms. The molecule has 1 aliphatic rings. The Labute approximate surface area is 143 Å². The average molecular weight is 360 g/mol. The number of hydrogen-bond acceptors (Lipinski definition) is 6. The first-order valence-corrected chi connectivity index (χ1v) is 7.46. The summed E-state index contributed by atoms with van der Waals surface area (Å²) in [5.74, 6) is -1.04. The van der Waals surface area contributed by atoms with Crippen LogP contribution in [0.5, 0.6) is 0 Å². The van der Waals surface area contributed by atoms with Gasteiger partial charge in [0.15, 0.2) is 12.2 Å². The molecule has 0 bridgehead atoms. The number of benzene rings is 1. The van der Waals surface area contributed by atoms with Crippen molar-refractivity contribution in [1.82, 2.24) is 0 Å². The van der Waals surface area contributed by atoms with E-state index in [1.807, 2.05) is 0 Å². The maximum absolute atomic E-state index is 11.9. The molecule has 0 radical (unpaired) electrons. The van der Waals surface area contributed by atoms with Crippen molar-refractivity contribution in [3.8, 4) is 0 Å². The van der Waals surface area contributed by atoms with Crippen LogP contribution in [0.1, 0.15) is 18.6 Å². The van der Waals surface area contributed by atoms with E-state index in [0.717, 1.165) is 0 Å². The fourth-order valence-corrected chi connectivity index (χ4v) is 2.57. The smallest absolute Gasteiger partial charge is 0.335 e. The number of hydrogen-bond donors (Lipinski definition) is 1. The Balaban J connectivity index is 2.41. The molecule has 124 valence electrons. The van der Waals surface area contributed by atoms with Gasteiger partial charge in [-0.1, -0.05) is 29.3 Å². The van der Waals surface area contributed by atoms with E-state index in [-0.39, 0.29) is 10.8 Å². The molecule has 0 amide bonds. The van der Waals surface area contributed by atoms with Crippen molar-refractivity contribution >= 4 is 35.1 Å². The number of rotatable bonds is 5. The van der Waals surface area contributed by atoms with Crippen molar-refractivity contribution in [1.29, 1.82) is 0 Å². The van der Waals surface area contributed by atoms with Crippen molar-refractivity contribution in [3.05, 3.63) is 45.6 Å². The summed E-state index contributed by atoms with van der Waals surface area (Å²) in [7, 11) is 1.38. The van der Waals surface area contributed by atoms with Crippen molar-refractivity contribution in [2.75, 3.05) is 7.11 Å². The van der Waals surface area contributed by atoms with Crippen molar-refractivity contribution in [2.24, 2.45) is 5.73 Å². The summed E-state index contributed by atoms with van der Waals surface area (Å²) in [6, 6.07) is 3.82. The van der Waals surface area contributed by atoms with Crippen LogP contribution in [0, 0.1) is 0 Å². The molecule has 2 N–H and O–H groups in total. The minimum Gasteiger partial charge on any atom is -0.497 e. The highest BCUT2D eigenvalue weighted by Crippen LogP contribution is 2.36. The van der Waals surface area contributed by atoms with E-state index in [2.05, 4.69) is 0 Å². The minimum atomic E-state index is -1.00. The third kappa shape index (κ3) is 3.96. The molecule has 6 nitrogen and oxygen atoms in total. The zero-order valence-electron chi connectivity index (χ0n) is 12.4. The Morgan fingerprint density at radius 2 is 2.09 bits per heavy atom. The van der Waals surface area contributed by atoms with Gasteiger partial charge in [-0.2, -0.15) is 0 Å². The number of nitrogens with two attached hydrogens (primary N) is 1. The molecule has 23 heavy (non-hydrogen) atoms. The van der Waals surface area contributed by atoms with Crippen LogP contribution in [0.15, 0.2) is 30.0 Å². The van der Waals surface area contributed by atoms with E-state index in [9.17, 15) is 9.59 Å². The van der Waals surface area contributed by atoms with Gasteiger partial charge in [0.25, 0.3) is 0 Å². The largest absolute Gasteiger partial charge is 0.497 e. The van der Waals surface area contributed by atoms with Gasteiger partial charge in [0.1, 0.15) is 11.8 Å². The first kappa shape index (κ1) is 17.6. The van der Waals surface area contributed by atoms with Gasteiger partial charge in [-0.15, -0.1) is 0 Å². The summed E-state index contributed by atoms with van der Waals surface area (Å²) in [5.41, 5.74) is 5.96. The molecule has 1 heterocycles. The van der Waals surface area contributed by atoms with Crippen molar-refractivity contribution in [2.45, 2.75) is 25.2 Å². The van der Waals surface area contributed by atoms with E-state index in [0.29, 0.717) is 10.6 Å². The molecule has 0 aromatic heterocycles. The second kappa shape index (κ2) is 7.21. The first-order chi connectivity index (χ1) is 10.8. The second-order valence-electron chi connectivity index (χ2n) is 4.92. The summed E-state index contributed by atoms with van der Waals surface area (Å²) < 4.78 is 15.7. The van der Waals surface area contributed by atoms with E-state index >= 15 is 0 Å². The van der Waals surface area contributed by atoms with Gasteiger partial charge in [-0.3, -0.25) is 4.79 Å². The molecule has 0 fully saturated rings. The molecule has 3 atom stereocenters. The van der Waals surface area contributed by atoms with Crippen LogP contribution in [0.25, 0.3) is 0 Å². The van der Waals surface area contributed by atoms with Gasteiger partial charge in [-0.25, -0.2) is 4.79 Å². The maximum Gasteiger partial charge on any atom is 0.335 e. The van der Waals surface area contributed by atoms with Crippen LogP contribution < -0.4 is 5.73 Å². The van der Waals surface area contributed by atoms with Crippen LogP contribution in [0.2, 0.25) is 10.0 Å². The molecule has 1 aromatic carbocycles. The van der Waals surface area contributed by atoms with Crippen LogP contribution >= 0.6 is 23.2 Å². The third-order valence-electron chi connectivity index (χ3n) is 3.18. The van der Waals surface area contributed by atoms with Gasteiger partial charge >= 0.3 is 11.9 Å². The van der Waals surface area contributed by atoms with Crippen LogP contribution in [-0.4, -0.2) is 31.2 Å². The number of cyclic esters (lactones) is 1. The third-order valence-corrected chi connectivity index (χ3v) is 3.74. The number of methoxy groups -OCH3 is 1. The van der Waals surface area contributed by atoms with E-state index < -0.39 is 30.2 Å². The molecule has 0 saturated heterocycles. The Bertz CT molecular complexity index is 659. The van der Waals surface area contributed by atoms with Crippen molar-refractivity contribution < 1.29 is 23.8 Å². The molecule has 2 rings (SSSR count). The lowest BCUT2D eigenvalue weighted by Gasteiger charge is -2.26. The number of carbonyl (C=O) groups is 2. The molecule has 2 unspecified atom stereocenters. The summed E-state index contributed by atoms with van der Waals surface area (Å²) in [6.45, 7) is 1.48. The summed E-state index contributed by atoms with van der Waals surface area (Å²) in [6.07, 6.45) is -0.772. The lowest BCUT2D eigenvalue weighted by Crippen LogP contribution is -2.34. The van der Waals surface area contributed by atoms with Crippen molar-refractivity contribution in [3.63, 3.8) is 0 Å². The summed E-state index contributed by atoms with van der Waals surface area (Å²) >= 11 is 12.1. The quantitative estimate of drug-likeness (QED) is 0.812. The highest BCUT2D eigenvalue weighted by atomic mass is 35.5. The SMILES string of the molecule is COC1=CC(=O)OC1C(OC(=O)[C@H](C)N)c1ccc(Cl)cc1Cl. The number of ether oxygens (including phenoxy) is 3. The van der Waals surface area contributed by atoms with Gasteiger partial charge in [0, 0.05) is 15.6 Å².